The third-order valence-corrected chi connectivity index (χ3v) is 2.80. The van der Waals surface area contributed by atoms with Crippen LogP contribution in [0.4, 0.5) is 11.6 Å². The number of anilines is 1. The number of imidazole rings is 1. The van der Waals surface area contributed by atoms with Crippen LogP contribution in [-0.2, 0) is 5.41 Å². The van der Waals surface area contributed by atoms with E-state index in [1.807, 2.05) is 20.8 Å². The molecule has 2 rings (SSSR count). The molecular formula is C13H16N4O2. The molecule has 1 heterocycles. The molecule has 0 saturated carbocycles. The zero-order valence-electron chi connectivity index (χ0n) is 11.1. The van der Waals surface area contributed by atoms with Gasteiger partial charge in [0, 0.05) is 28.8 Å². The topological polar surface area (TPSA) is 97.8 Å². The summed E-state index contributed by atoms with van der Waals surface area (Å²) in [6.45, 7) is 6.09. The number of hydrogen-bond acceptors (Lipinski definition) is 4. The Labute approximate surface area is 110 Å². The minimum Gasteiger partial charge on any atom is -0.369 e. The predicted molar refractivity (Wildman–Crippen MR) is 73.8 cm³/mol. The molecule has 0 unspecified atom stereocenters. The minimum absolute atomic E-state index is 0.0407. The van der Waals surface area contributed by atoms with Crippen LogP contribution in [0.3, 0.4) is 0 Å². The number of aromatic amines is 1. The van der Waals surface area contributed by atoms with Crippen LogP contribution >= 0.6 is 0 Å². The molecule has 0 atom stereocenters. The Bertz CT molecular complexity index is 626. The first-order valence-electron chi connectivity index (χ1n) is 5.90. The van der Waals surface area contributed by atoms with Crippen LogP contribution in [0.2, 0.25) is 0 Å². The fourth-order valence-corrected chi connectivity index (χ4v) is 1.91. The number of benzene rings is 1. The molecule has 0 aliphatic heterocycles. The minimum atomic E-state index is -0.420. The molecule has 6 heteroatoms. The van der Waals surface area contributed by atoms with Crippen LogP contribution < -0.4 is 5.73 Å². The van der Waals surface area contributed by atoms with Gasteiger partial charge >= 0.3 is 0 Å². The maximum Gasteiger partial charge on any atom is 0.270 e. The Morgan fingerprint density at radius 1 is 1.37 bits per heavy atom. The Balaban J connectivity index is 2.59. The van der Waals surface area contributed by atoms with Crippen molar-refractivity contribution < 1.29 is 4.92 Å². The summed E-state index contributed by atoms with van der Waals surface area (Å²) < 4.78 is 0. The van der Waals surface area contributed by atoms with Crippen LogP contribution in [0, 0.1) is 10.1 Å². The lowest BCUT2D eigenvalue weighted by atomic mass is 9.89. The van der Waals surface area contributed by atoms with Gasteiger partial charge in [0.05, 0.1) is 10.6 Å². The molecular weight excluding hydrogens is 244 g/mol. The third-order valence-electron chi connectivity index (χ3n) is 2.80. The van der Waals surface area contributed by atoms with Crippen molar-refractivity contribution in [2.24, 2.45) is 0 Å². The highest BCUT2D eigenvalue weighted by Crippen LogP contribution is 2.32. The molecule has 0 aliphatic rings. The number of H-pyrrole nitrogens is 1. The van der Waals surface area contributed by atoms with E-state index >= 15 is 0 Å². The molecule has 2 aromatic rings. The average molecular weight is 260 g/mol. The lowest BCUT2D eigenvalue weighted by Gasteiger charge is -2.18. The van der Waals surface area contributed by atoms with E-state index in [9.17, 15) is 10.1 Å². The van der Waals surface area contributed by atoms with E-state index < -0.39 is 4.92 Å². The zero-order valence-corrected chi connectivity index (χ0v) is 11.1. The Morgan fingerprint density at radius 3 is 2.63 bits per heavy atom. The number of rotatable bonds is 2. The zero-order chi connectivity index (χ0) is 14.2. The number of aromatic nitrogens is 2. The van der Waals surface area contributed by atoms with Crippen molar-refractivity contribution in [3.05, 3.63) is 40.1 Å². The van der Waals surface area contributed by atoms with Crippen molar-refractivity contribution in [3.8, 4) is 11.3 Å². The van der Waals surface area contributed by atoms with E-state index in [-0.39, 0.29) is 11.1 Å². The SMILES string of the molecule is CC(C)(C)c1[nH]c(N)nc1-c1cccc([N+](=O)[O-])c1. The molecule has 0 bridgehead atoms. The van der Waals surface area contributed by atoms with E-state index in [1.54, 1.807) is 12.1 Å². The highest BCUT2D eigenvalue weighted by atomic mass is 16.6. The summed E-state index contributed by atoms with van der Waals surface area (Å²) in [4.78, 5) is 17.7. The molecule has 0 radical (unpaired) electrons. The van der Waals surface area contributed by atoms with Crippen LogP contribution in [0.15, 0.2) is 24.3 Å². The molecule has 6 nitrogen and oxygen atoms in total. The number of nitrogens with zero attached hydrogens (tertiary/aromatic N) is 2. The van der Waals surface area contributed by atoms with Crippen molar-refractivity contribution in [2.75, 3.05) is 5.73 Å². The van der Waals surface area contributed by atoms with E-state index in [4.69, 9.17) is 5.73 Å². The molecule has 100 valence electrons. The van der Waals surface area contributed by atoms with Crippen molar-refractivity contribution in [3.63, 3.8) is 0 Å². The van der Waals surface area contributed by atoms with Gasteiger partial charge in [0.2, 0.25) is 0 Å². The predicted octanol–water partition coefficient (Wildman–Crippen LogP) is 2.86. The fraction of sp³-hybridized carbons (Fsp3) is 0.308. The molecule has 0 fully saturated rings. The maximum atomic E-state index is 10.8. The molecule has 0 aliphatic carbocycles. The Kier molecular flexibility index (Phi) is 3.01. The Hall–Kier alpha value is -2.37. The van der Waals surface area contributed by atoms with Gasteiger partial charge in [0.1, 0.15) is 0 Å². The van der Waals surface area contributed by atoms with Crippen LogP contribution in [0.1, 0.15) is 26.5 Å². The van der Waals surface area contributed by atoms with Gasteiger partial charge in [-0.05, 0) is 0 Å². The second-order valence-corrected chi connectivity index (χ2v) is 5.40. The lowest BCUT2D eigenvalue weighted by molar-refractivity contribution is -0.384. The second kappa shape index (κ2) is 4.38. The van der Waals surface area contributed by atoms with Crippen LogP contribution in [-0.4, -0.2) is 14.9 Å². The number of hydrogen-bond donors (Lipinski definition) is 2. The van der Waals surface area contributed by atoms with E-state index in [0.29, 0.717) is 17.2 Å². The van der Waals surface area contributed by atoms with Crippen molar-refractivity contribution in [2.45, 2.75) is 26.2 Å². The van der Waals surface area contributed by atoms with Crippen molar-refractivity contribution in [1.82, 2.24) is 9.97 Å². The number of non-ortho nitro benzene ring substituents is 1. The molecule has 0 saturated heterocycles. The number of nitrogen functional groups attached to an aromatic ring is 1. The molecule has 0 amide bonds. The maximum absolute atomic E-state index is 10.8. The first-order valence-corrected chi connectivity index (χ1v) is 5.90. The van der Waals surface area contributed by atoms with Crippen molar-refractivity contribution >= 4 is 11.6 Å². The van der Waals surface area contributed by atoms with Gasteiger partial charge in [0.25, 0.3) is 5.69 Å². The van der Waals surface area contributed by atoms with Crippen molar-refractivity contribution in [1.29, 1.82) is 0 Å². The third kappa shape index (κ3) is 2.57. The van der Waals surface area contributed by atoms with Gasteiger partial charge in [-0.15, -0.1) is 0 Å². The molecule has 1 aromatic carbocycles. The molecule has 19 heavy (non-hydrogen) atoms. The summed E-state index contributed by atoms with van der Waals surface area (Å²) in [5, 5.41) is 10.8. The largest absolute Gasteiger partial charge is 0.369 e. The summed E-state index contributed by atoms with van der Waals surface area (Å²) in [5.74, 6) is 0.312. The first kappa shape index (κ1) is 13.1. The van der Waals surface area contributed by atoms with Gasteiger partial charge in [-0.3, -0.25) is 10.1 Å². The summed E-state index contributed by atoms with van der Waals surface area (Å²) in [7, 11) is 0. The normalized spacial score (nSPS) is 11.5. The highest BCUT2D eigenvalue weighted by Gasteiger charge is 2.23. The van der Waals surface area contributed by atoms with Gasteiger partial charge < -0.3 is 10.7 Å². The fourth-order valence-electron chi connectivity index (χ4n) is 1.91. The molecule has 0 spiro atoms. The van der Waals surface area contributed by atoms with E-state index in [1.165, 1.54) is 12.1 Å². The van der Waals surface area contributed by atoms with Gasteiger partial charge in [-0.25, -0.2) is 4.98 Å². The second-order valence-electron chi connectivity index (χ2n) is 5.40. The number of nitrogens with one attached hydrogen (secondary N) is 1. The van der Waals surface area contributed by atoms with Gasteiger partial charge in [-0.1, -0.05) is 32.9 Å². The van der Waals surface area contributed by atoms with E-state index in [2.05, 4.69) is 9.97 Å². The number of nitro groups is 1. The molecule has 1 aromatic heterocycles. The number of nitrogens with two attached hydrogens (primary N) is 1. The van der Waals surface area contributed by atoms with Crippen LogP contribution in [0.5, 0.6) is 0 Å². The van der Waals surface area contributed by atoms with E-state index in [0.717, 1.165) is 5.69 Å². The van der Waals surface area contributed by atoms with Gasteiger partial charge in [0.15, 0.2) is 5.95 Å². The summed E-state index contributed by atoms with van der Waals surface area (Å²) in [6, 6.07) is 6.39. The summed E-state index contributed by atoms with van der Waals surface area (Å²) in [5.41, 5.74) is 7.79. The monoisotopic (exact) mass is 260 g/mol. The Morgan fingerprint density at radius 2 is 2.05 bits per heavy atom. The number of nitro benzene ring substituents is 1. The lowest BCUT2D eigenvalue weighted by Crippen LogP contribution is -2.13. The first-order chi connectivity index (χ1) is 8.79. The van der Waals surface area contributed by atoms with Gasteiger partial charge in [-0.2, -0.15) is 0 Å². The smallest absolute Gasteiger partial charge is 0.270 e. The highest BCUT2D eigenvalue weighted by molar-refractivity contribution is 5.67. The summed E-state index contributed by atoms with van der Waals surface area (Å²) in [6.07, 6.45) is 0. The summed E-state index contributed by atoms with van der Waals surface area (Å²) >= 11 is 0. The standard InChI is InChI=1S/C13H16N4O2/c1-13(2,3)11-10(15-12(14)16-11)8-5-4-6-9(7-8)17(18)19/h4-7H,1-3H3,(H3,14,15,16). The quantitative estimate of drug-likeness (QED) is 0.640. The molecule has 3 N–H and O–H groups in total. The van der Waals surface area contributed by atoms with Crippen LogP contribution in [0.25, 0.3) is 11.3 Å². The average Bonchev–Trinajstić information content (AvgIpc) is 2.71.